The Hall–Kier alpha value is -0.170. The molecule has 4 aliphatic rings. The van der Waals surface area contributed by atoms with Gasteiger partial charge < -0.3 is 14.4 Å². The van der Waals surface area contributed by atoms with Gasteiger partial charge in [-0.15, -0.1) is 0 Å². The zero-order valence-corrected chi connectivity index (χ0v) is 26.6. The van der Waals surface area contributed by atoms with E-state index < -0.39 is 15.5 Å². The van der Waals surface area contributed by atoms with E-state index >= 15 is 0 Å². The van der Waals surface area contributed by atoms with Gasteiger partial charge in [0.2, 0.25) is 0 Å². The maximum Gasteiger partial charge on any atom is 0.180 e. The Morgan fingerprint density at radius 2 is 1.61 bits per heavy atom. The summed E-state index contributed by atoms with van der Waals surface area (Å²) in [7, 11) is -0.555. The van der Waals surface area contributed by atoms with Crippen LogP contribution in [0.3, 0.4) is 0 Å². The summed E-state index contributed by atoms with van der Waals surface area (Å²) in [6, 6.07) is 0.459. The van der Waals surface area contributed by atoms with Crippen molar-refractivity contribution in [1.29, 1.82) is 0 Å². The number of fused-ring (bicyclic) bond motifs is 5. The number of nitrogens with zero attached hydrogens (tertiary/aromatic N) is 1. The summed E-state index contributed by atoms with van der Waals surface area (Å²) in [5.41, 5.74) is 1.04. The standard InChI is InChI=1S/C32H60N2O3S/c1-8-10-23(3)27-13-14-28-26-12-11-24-22-25(15-18-31(24,4)29(26)16-19-32(27,28)5)33-20-17-30(38(35,36)37)34(6,7)21-9-2/h23-30,33H,8-22H2,1-7H3/t23-,24?,25?,26?,27-,28?,29?,30?,31+,32-/m1/s1. The van der Waals surface area contributed by atoms with Crippen molar-refractivity contribution in [2.24, 2.45) is 46.3 Å². The van der Waals surface area contributed by atoms with Gasteiger partial charge in [-0.1, -0.05) is 47.5 Å². The molecular formula is C32H60N2O3S. The third-order valence-electron chi connectivity index (χ3n) is 12.9. The average Bonchev–Trinajstić information content (AvgIpc) is 3.18. The van der Waals surface area contributed by atoms with E-state index in [4.69, 9.17) is 0 Å². The van der Waals surface area contributed by atoms with E-state index in [2.05, 4.69) is 33.0 Å². The smallest absolute Gasteiger partial charge is 0.180 e. The fourth-order valence-electron chi connectivity index (χ4n) is 11.0. The lowest BCUT2D eigenvalue weighted by Gasteiger charge is -2.61. The summed E-state index contributed by atoms with van der Waals surface area (Å²) in [6.45, 7) is 13.6. The lowest BCUT2D eigenvalue weighted by atomic mass is 9.44. The van der Waals surface area contributed by atoms with Gasteiger partial charge in [-0.05, 0) is 111 Å². The van der Waals surface area contributed by atoms with Crippen LogP contribution in [-0.4, -0.2) is 56.1 Å². The van der Waals surface area contributed by atoms with Crippen molar-refractivity contribution < 1.29 is 17.5 Å². The zero-order chi connectivity index (χ0) is 27.9. The molecule has 4 fully saturated rings. The molecule has 0 aromatic carbocycles. The van der Waals surface area contributed by atoms with Crippen molar-refractivity contribution in [3.8, 4) is 0 Å². The predicted octanol–water partition coefficient (Wildman–Crippen LogP) is 6.79. The molecule has 38 heavy (non-hydrogen) atoms. The molecule has 0 aromatic heterocycles. The highest BCUT2D eigenvalue weighted by molar-refractivity contribution is 7.86. The van der Waals surface area contributed by atoms with Crippen molar-refractivity contribution in [2.75, 3.05) is 27.2 Å². The molecule has 0 aliphatic heterocycles. The van der Waals surface area contributed by atoms with Crippen LogP contribution < -0.4 is 5.32 Å². The van der Waals surface area contributed by atoms with Crippen LogP contribution in [0.4, 0.5) is 0 Å². The molecule has 4 aliphatic carbocycles. The first-order valence-electron chi connectivity index (χ1n) is 16.3. The molecule has 10 atom stereocenters. The predicted molar refractivity (Wildman–Crippen MR) is 156 cm³/mol. The van der Waals surface area contributed by atoms with Gasteiger partial charge in [0, 0.05) is 19.0 Å². The van der Waals surface area contributed by atoms with Gasteiger partial charge in [0.05, 0.1) is 20.6 Å². The molecule has 4 rings (SSSR count). The normalized spacial score (nSPS) is 41.2. The fraction of sp³-hybridized carbons (Fsp3) is 1.00. The Labute approximate surface area is 235 Å². The second kappa shape index (κ2) is 11.6. The van der Waals surface area contributed by atoms with Crippen LogP contribution in [0.15, 0.2) is 0 Å². The molecule has 0 amide bonds. The summed E-state index contributed by atoms with van der Waals surface area (Å²) in [5.74, 6) is 5.35. The Morgan fingerprint density at radius 1 is 0.921 bits per heavy atom. The van der Waals surface area contributed by atoms with Gasteiger partial charge in [-0.25, -0.2) is 8.42 Å². The molecule has 0 saturated heterocycles. The minimum atomic E-state index is -4.33. The minimum absolute atomic E-state index is 0.261. The van der Waals surface area contributed by atoms with Crippen LogP contribution in [-0.2, 0) is 10.1 Å². The Bertz CT molecular complexity index is 906. The highest BCUT2D eigenvalue weighted by Gasteiger charge is 2.60. The molecule has 5 nitrogen and oxygen atoms in total. The van der Waals surface area contributed by atoms with Crippen molar-refractivity contribution >= 4 is 10.1 Å². The van der Waals surface area contributed by atoms with E-state index in [-0.39, 0.29) is 4.48 Å². The van der Waals surface area contributed by atoms with E-state index in [9.17, 15) is 13.0 Å². The largest absolute Gasteiger partial charge is 0.743 e. The van der Waals surface area contributed by atoms with Gasteiger partial charge in [-0.2, -0.15) is 0 Å². The molecule has 0 bridgehead atoms. The van der Waals surface area contributed by atoms with Gasteiger partial charge in [0.15, 0.2) is 5.37 Å². The highest BCUT2D eigenvalue weighted by atomic mass is 32.2. The topological polar surface area (TPSA) is 69.2 Å². The van der Waals surface area contributed by atoms with E-state index in [1.807, 2.05) is 21.0 Å². The van der Waals surface area contributed by atoms with E-state index in [1.54, 1.807) is 0 Å². The zero-order valence-electron chi connectivity index (χ0n) is 25.8. The van der Waals surface area contributed by atoms with Crippen molar-refractivity contribution in [1.82, 2.24) is 5.32 Å². The Morgan fingerprint density at radius 3 is 2.26 bits per heavy atom. The quantitative estimate of drug-likeness (QED) is 0.226. The molecule has 6 heteroatoms. The van der Waals surface area contributed by atoms with Crippen molar-refractivity contribution in [3.63, 3.8) is 0 Å². The summed E-state index contributed by atoms with van der Waals surface area (Å²) < 4.78 is 36.5. The fourth-order valence-corrected chi connectivity index (χ4v) is 12.3. The first kappa shape index (κ1) is 30.8. The third kappa shape index (κ3) is 5.77. The van der Waals surface area contributed by atoms with Crippen LogP contribution in [0, 0.1) is 46.3 Å². The summed E-state index contributed by atoms with van der Waals surface area (Å²) in [5, 5.41) is 2.85. The van der Waals surface area contributed by atoms with Crippen LogP contribution in [0.2, 0.25) is 0 Å². The third-order valence-corrected chi connectivity index (χ3v) is 14.4. The van der Waals surface area contributed by atoms with Crippen LogP contribution >= 0.6 is 0 Å². The maximum atomic E-state index is 12.1. The average molecular weight is 553 g/mol. The highest BCUT2D eigenvalue weighted by Crippen LogP contribution is 2.68. The summed E-state index contributed by atoms with van der Waals surface area (Å²) in [6.07, 6.45) is 16.3. The van der Waals surface area contributed by atoms with Crippen LogP contribution in [0.1, 0.15) is 118 Å². The lowest BCUT2D eigenvalue weighted by Crippen LogP contribution is -2.56. The Kier molecular flexibility index (Phi) is 9.40. The summed E-state index contributed by atoms with van der Waals surface area (Å²) >= 11 is 0. The maximum absolute atomic E-state index is 12.1. The molecule has 0 radical (unpaired) electrons. The number of quaternary nitrogens is 1. The first-order valence-corrected chi connectivity index (χ1v) is 17.8. The SMILES string of the molecule is CCC[C@@H](C)[C@H]1CCC2C3CCC4CC(NCCC([N+](C)(C)CCC)S(=O)(=O)[O-])CC[C@]4(C)C3CC[C@@]21C. The lowest BCUT2D eigenvalue weighted by molar-refractivity contribution is -0.901. The number of hydrogen-bond acceptors (Lipinski definition) is 4. The molecule has 222 valence electrons. The molecule has 0 heterocycles. The van der Waals surface area contributed by atoms with Gasteiger partial charge in [-0.3, -0.25) is 0 Å². The number of rotatable bonds is 11. The van der Waals surface area contributed by atoms with Crippen molar-refractivity contribution in [2.45, 2.75) is 130 Å². The van der Waals surface area contributed by atoms with Crippen LogP contribution in [0.5, 0.6) is 0 Å². The van der Waals surface area contributed by atoms with Crippen LogP contribution in [0.25, 0.3) is 0 Å². The van der Waals surface area contributed by atoms with Crippen molar-refractivity contribution in [3.05, 3.63) is 0 Å². The van der Waals surface area contributed by atoms with E-state index in [1.165, 1.54) is 70.6 Å². The molecule has 6 unspecified atom stereocenters. The summed E-state index contributed by atoms with van der Waals surface area (Å²) in [4.78, 5) is 0. The van der Waals surface area contributed by atoms with Gasteiger partial charge >= 0.3 is 0 Å². The first-order chi connectivity index (χ1) is 17.8. The van der Waals surface area contributed by atoms with Gasteiger partial charge in [0.1, 0.15) is 10.1 Å². The molecule has 4 saturated carbocycles. The monoisotopic (exact) mass is 552 g/mol. The minimum Gasteiger partial charge on any atom is -0.743 e. The second-order valence-corrected chi connectivity index (χ2v) is 16.8. The molecule has 0 spiro atoms. The number of nitrogens with one attached hydrogen (secondary N) is 1. The molecule has 0 aromatic rings. The van der Waals surface area contributed by atoms with E-state index in [0.29, 0.717) is 36.4 Å². The second-order valence-electron chi connectivity index (χ2n) is 15.3. The molecular weight excluding hydrogens is 492 g/mol. The number of hydrogen-bond donors (Lipinski definition) is 1. The van der Waals surface area contributed by atoms with Gasteiger partial charge in [0.25, 0.3) is 0 Å². The van der Waals surface area contributed by atoms with E-state index in [0.717, 1.165) is 41.9 Å². The molecule has 1 N–H and O–H groups in total. The Balaban J connectivity index is 1.36.